The summed E-state index contributed by atoms with van der Waals surface area (Å²) in [4.78, 5) is 12.3. The Morgan fingerprint density at radius 3 is 2.86 bits per heavy atom. The molecule has 0 spiro atoms. The molecule has 0 saturated heterocycles. The zero-order valence-corrected chi connectivity index (χ0v) is 12.9. The molecule has 2 N–H and O–H groups in total. The summed E-state index contributed by atoms with van der Waals surface area (Å²) >= 11 is 0. The third-order valence-electron chi connectivity index (χ3n) is 4.44. The van der Waals surface area contributed by atoms with Crippen LogP contribution in [0.5, 0.6) is 0 Å². The first-order valence-corrected chi connectivity index (χ1v) is 7.95. The monoisotopic (exact) mass is 302 g/mol. The van der Waals surface area contributed by atoms with E-state index in [1.165, 1.54) is 6.42 Å². The van der Waals surface area contributed by atoms with Crippen LogP contribution >= 0.6 is 0 Å². The number of fused-ring (bicyclic) bond motifs is 1. The van der Waals surface area contributed by atoms with Gasteiger partial charge in [0, 0.05) is 18.7 Å². The minimum atomic E-state index is -0.747. The molecule has 1 aliphatic rings. The summed E-state index contributed by atoms with van der Waals surface area (Å²) in [6.07, 6.45) is 4.74. The molecular formula is C16H22N4O2. The molecule has 1 aromatic carbocycles. The molecule has 3 rings (SSSR count). The number of hydrogen-bond acceptors (Lipinski definition) is 4. The summed E-state index contributed by atoms with van der Waals surface area (Å²) in [6.45, 7) is 3.06. The third-order valence-corrected chi connectivity index (χ3v) is 4.44. The number of carbonyl (C=O) groups excluding carboxylic acids is 1. The normalized spacial score (nSPS) is 17.5. The van der Waals surface area contributed by atoms with E-state index in [1.54, 1.807) is 16.8 Å². The molecule has 1 heterocycles. The molecular weight excluding hydrogens is 280 g/mol. The largest absolute Gasteiger partial charge is 0.388 e. The summed E-state index contributed by atoms with van der Waals surface area (Å²) in [5.74, 6) is -0.174. The molecule has 1 fully saturated rings. The van der Waals surface area contributed by atoms with Crippen LogP contribution in [0.2, 0.25) is 0 Å². The Hall–Kier alpha value is -1.95. The lowest BCUT2D eigenvalue weighted by atomic mass is 9.85. The second kappa shape index (κ2) is 6.04. The van der Waals surface area contributed by atoms with Gasteiger partial charge in [0.15, 0.2) is 0 Å². The molecule has 118 valence electrons. The highest BCUT2D eigenvalue weighted by molar-refractivity contribution is 5.97. The molecule has 2 aromatic rings. The summed E-state index contributed by atoms with van der Waals surface area (Å²) < 4.78 is 1.79. The number of amides is 1. The van der Waals surface area contributed by atoms with E-state index >= 15 is 0 Å². The second-order valence-corrected chi connectivity index (χ2v) is 6.08. The highest BCUT2D eigenvalue weighted by Gasteiger charge is 2.29. The lowest BCUT2D eigenvalue weighted by molar-refractivity contribution is 0.00526. The van der Waals surface area contributed by atoms with E-state index in [-0.39, 0.29) is 5.91 Å². The Morgan fingerprint density at radius 2 is 2.14 bits per heavy atom. The number of carbonyl (C=O) groups is 1. The van der Waals surface area contributed by atoms with E-state index in [0.717, 1.165) is 37.7 Å². The zero-order chi connectivity index (χ0) is 15.6. The molecule has 0 unspecified atom stereocenters. The van der Waals surface area contributed by atoms with E-state index in [0.29, 0.717) is 17.6 Å². The molecule has 0 atom stereocenters. The van der Waals surface area contributed by atoms with Crippen molar-refractivity contribution >= 4 is 16.9 Å². The van der Waals surface area contributed by atoms with Crippen LogP contribution in [0.4, 0.5) is 0 Å². The van der Waals surface area contributed by atoms with Crippen molar-refractivity contribution in [2.45, 2.75) is 51.2 Å². The fourth-order valence-corrected chi connectivity index (χ4v) is 3.08. The highest BCUT2D eigenvalue weighted by Crippen LogP contribution is 2.27. The van der Waals surface area contributed by atoms with Gasteiger partial charge in [-0.1, -0.05) is 24.5 Å². The average Bonchev–Trinajstić information content (AvgIpc) is 2.95. The topological polar surface area (TPSA) is 80.0 Å². The molecule has 22 heavy (non-hydrogen) atoms. The van der Waals surface area contributed by atoms with Gasteiger partial charge < -0.3 is 10.4 Å². The second-order valence-electron chi connectivity index (χ2n) is 6.08. The Kier molecular flexibility index (Phi) is 4.11. The maximum atomic E-state index is 12.3. The van der Waals surface area contributed by atoms with Gasteiger partial charge >= 0.3 is 0 Å². The summed E-state index contributed by atoms with van der Waals surface area (Å²) in [5.41, 5.74) is 1.44. The number of benzene rings is 1. The van der Waals surface area contributed by atoms with Crippen molar-refractivity contribution in [2.24, 2.45) is 0 Å². The Balaban J connectivity index is 1.69. The first-order valence-electron chi connectivity index (χ1n) is 7.95. The number of aliphatic hydroxyl groups is 1. The van der Waals surface area contributed by atoms with Crippen molar-refractivity contribution in [3.63, 3.8) is 0 Å². The fourth-order valence-electron chi connectivity index (χ4n) is 3.08. The number of aromatic nitrogens is 3. The molecule has 0 radical (unpaired) electrons. The molecule has 1 aromatic heterocycles. The standard InChI is InChI=1S/C16H22N4O2/c1-2-20-14-7-6-12(10-13(14)18-19-20)15(21)17-11-16(22)8-4-3-5-9-16/h6-7,10,22H,2-5,8-9,11H2,1H3,(H,17,21). The van der Waals surface area contributed by atoms with Crippen LogP contribution in [-0.2, 0) is 6.54 Å². The van der Waals surface area contributed by atoms with Crippen LogP contribution in [-0.4, -0.2) is 38.2 Å². The predicted molar refractivity (Wildman–Crippen MR) is 83.6 cm³/mol. The van der Waals surface area contributed by atoms with Crippen LogP contribution in [0.1, 0.15) is 49.4 Å². The van der Waals surface area contributed by atoms with Crippen LogP contribution in [0.25, 0.3) is 11.0 Å². The fraction of sp³-hybridized carbons (Fsp3) is 0.562. The van der Waals surface area contributed by atoms with Crippen LogP contribution in [0.3, 0.4) is 0 Å². The van der Waals surface area contributed by atoms with Gasteiger partial charge in [0.1, 0.15) is 5.52 Å². The number of nitrogens with one attached hydrogen (secondary N) is 1. The predicted octanol–water partition coefficient (Wildman–Crippen LogP) is 1.88. The van der Waals surface area contributed by atoms with Gasteiger partial charge in [-0.05, 0) is 38.0 Å². The van der Waals surface area contributed by atoms with Gasteiger partial charge in [0.2, 0.25) is 0 Å². The molecule has 1 aliphatic carbocycles. The molecule has 0 aliphatic heterocycles. The molecule has 0 bridgehead atoms. The minimum Gasteiger partial charge on any atom is -0.388 e. The van der Waals surface area contributed by atoms with Gasteiger partial charge in [-0.2, -0.15) is 0 Å². The quantitative estimate of drug-likeness (QED) is 0.903. The Bertz CT molecular complexity index is 674. The maximum Gasteiger partial charge on any atom is 0.251 e. The van der Waals surface area contributed by atoms with Gasteiger partial charge in [-0.25, -0.2) is 4.68 Å². The number of rotatable bonds is 4. The van der Waals surface area contributed by atoms with E-state index in [4.69, 9.17) is 0 Å². The first-order chi connectivity index (χ1) is 10.6. The van der Waals surface area contributed by atoms with Crippen LogP contribution < -0.4 is 5.32 Å². The number of hydrogen-bond donors (Lipinski definition) is 2. The van der Waals surface area contributed by atoms with Crippen LogP contribution in [0, 0.1) is 0 Å². The van der Waals surface area contributed by atoms with Crippen molar-refractivity contribution in [3.8, 4) is 0 Å². The van der Waals surface area contributed by atoms with Gasteiger partial charge in [0.05, 0.1) is 11.1 Å². The van der Waals surface area contributed by atoms with Gasteiger partial charge in [0.25, 0.3) is 5.91 Å². The van der Waals surface area contributed by atoms with E-state index in [2.05, 4.69) is 15.6 Å². The molecule has 6 heteroatoms. The average molecular weight is 302 g/mol. The van der Waals surface area contributed by atoms with Gasteiger partial charge in [-0.15, -0.1) is 5.10 Å². The summed E-state index contributed by atoms with van der Waals surface area (Å²) in [5, 5.41) is 21.4. The van der Waals surface area contributed by atoms with E-state index in [1.807, 2.05) is 13.0 Å². The van der Waals surface area contributed by atoms with E-state index in [9.17, 15) is 9.90 Å². The van der Waals surface area contributed by atoms with Crippen molar-refractivity contribution in [1.29, 1.82) is 0 Å². The Labute approximate surface area is 129 Å². The van der Waals surface area contributed by atoms with Crippen LogP contribution in [0.15, 0.2) is 18.2 Å². The SMILES string of the molecule is CCn1nnc2cc(C(=O)NCC3(O)CCCCC3)ccc21. The van der Waals surface area contributed by atoms with Crippen molar-refractivity contribution in [1.82, 2.24) is 20.3 Å². The Morgan fingerprint density at radius 1 is 1.36 bits per heavy atom. The van der Waals surface area contributed by atoms with Crippen molar-refractivity contribution in [3.05, 3.63) is 23.8 Å². The molecule has 1 saturated carbocycles. The van der Waals surface area contributed by atoms with Crippen molar-refractivity contribution < 1.29 is 9.90 Å². The maximum absolute atomic E-state index is 12.3. The minimum absolute atomic E-state index is 0.174. The summed E-state index contributed by atoms with van der Waals surface area (Å²) in [6, 6.07) is 5.38. The number of aryl methyl sites for hydroxylation is 1. The van der Waals surface area contributed by atoms with Gasteiger partial charge in [-0.3, -0.25) is 4.79 Å². The zero-order valence-electron chi connectivity index (χ0n) is 12.9. The first kappa shape index (κ1) is 15.0. The molecule has 1 amide bonds. The van der Waals surface area contributed by atoms with E-state index < -0.39 is 5.60 Å². The smallest absolute Gasteiger partial charge is 0.251 e. The number of nitrogens with zero attached hydrogens (tertiary/aromatic N) is 3. The third kappa shape index (κ3) is 2.97. The van der Waals surface area contributed by atoms with Crippen molar-refractivity contribution in [2.75, 3.05) is 6.54 Å². The highest BCUT2D eigenvalue weighted by atomic mass is 16.3. The lowest BCUT2D eigenvalue weighted by Crippen LogP contribution is -2.44. The lowest BCUT2D eigenvalue weighted by Gasteiger charge is -2.32. The summed E-state index contributed by atoms with van der Waals surface area (Å²) in [7, 11) is 0. The molecule has 6 nitrogen and oxygen atoms in total.